The molecule has 1 heterocycles. The van der Waals surface area contributed by atoms with Crippen molar-refractivity contribution >= 4 is 34.3 Å². The predicted octanol–water partition coefficient (Wildman–Crippen LogP) is 4.39. The number of carbonyl (C=O) groups excluding carboxylic acids is 2. The third-order valence-corrected chi connectivity index (χ3v) is 5.00. The zero-order valence-corrected chi connectivity index (χ0v) is 15.3. The lowest BCUT2D eigenvalue weighted by molar-refractivity contribution is -0.117. The van der Waals surface area contributed by atoms with Gasteiger partial charge in [-0.3, -0.25) is 4.79 Å². The number of hydrogen-bond acceptors (Lipinski definition) is 6. The topological polar surface area (TPSA) is 76.0 Å². The second kappa shape index (κ2) is 7.30. The Hall–Kier alpha value is -1.95. The lowest BCUT2D eigenvalue weighted by Gasteiger charge is -2.28. The highest BCUT2D eigenvalue weighted by Crippen LogP contribution is 2.36. The SMILES string of the molecule is CCOC(=O)c1cc(CC)sc1N=CC1=C(O)CC(C)(C)CC1=O. The molecule has 0 saturated carbocycles. The molecule has 5 nitrogen and oxygen atoms in total. The van der Waals surface area contributed by atoms with Crippen LogP contribution in [0, 0.1) is 5.41 Å². The molecule has 0 atom stereocenters. The van der Waals surface area contributed by atoms with Crippen molar-refractivity contribution in [3.63, 3.8) is 0 Å². The van der Waals surface area contributed by atoms with E-state index >= 15 is 0 Å². The second-order valence-electron chi connectivity index (χ2n) is 6.57. The Morgan fingerprint density at radius 2 is 2.12 bits per heavy atom. The van der Waals surface area contributed by atoms with Gasteiger partial charge in [-0.25, -0.2) is 9.79 Å². The summed E-state index contributed by atoms with van der Waals surface area (Å²) in [7, 11) is 0. The fourth-order valence-electron chi connectivity index (χ4n) is 2.63. The molecule has 0 saturated heterocycles. The molecule has 0 radical (unpaired) electrons. The molecule has 6 heteroatoms. The highest BCUT2D eigenvalue weighted by molar-refractivity contribution is 7.16. The van der Waals surface area contributed by atoms with Crippen LogP contribution >= 0.6 is 11.3 Å². The van der Waals surface area contributed by atoms with Gasteiger partial charge in [-0.15, -0.1) is 11.3 Å². The number of aliphatic hydroxyl groups excluding tert-OH is 1. The number of nitrogens with zero attached hydrogens (tertiary/aromatic N) is 1. The van der Waals surface area contributed by atoms with Gasteiger partial charge in [0.05, 0.1) is 17.7 Å². The molecule has 0 aromatic carbocycles. The van der Waals surface area contributed by atoms with Gasteiger partial charge in [0, 0.05) is 23.9 Å². The van der Waals surface area contributed by atoms with Gasteiger partial charge in [0.25, 0.3) is 0 Å². The molecule has 0 unspecified atom stereocenters. The number of hydrogen-bond donors (Lipinski definition) is 1. The summed E-state index contributed by atoms with van der Waals surface area (Å²) in [5, 5.41) is 10.6. The molecule has 1 aromatic heterocycles. The van der Waals surface area contributed by atoms with Crippen molar-refractivity contribution in [2.24, 2.45) is 10.4 Å². The van der Waals surface area contributed by atoms with E-state index in [9.17, 15) is 14.7 Å². The van der Waals surface area contributed by atoms with Crippen LogP contribution in [-0.4, -0.2) is 29.7 Å². The zero-order chi connectivity index (χ0) is 17.9. The molecule has 0 aliphatic heterocycles. The fraction of sp³-hybridized carbons (Fsp3) is 0.500. The Morgan fingerprint density at radius 1 is 1.42 bits per heavy atom. The first-order valence-corrected chi connectivity index (χ1v) is 8.88. The van der Waals surface area contributed by atoms with Gasteiger partial charge in [0.15, 0.2) is 5.78 Å². The average Bonchev–Trinajstić information content (AvgIpc) is 2.89. The van der Waals surface area contributed by atoms with Crippen LogP contribution in [0.4, 0.5) is 5.00 Å². The molecule has 24 heavy (non-hydrogen) atoms. The van der Waals surface area contributed by atoms with Crippen LogP contribution in [0.3, 0.4) is 0 Å². The first-order chi connectivity index (χ1) is 11.3. The Labute approximate surface area is 146 Å². The number of rotatable bonds is 5. The summed E-state index contributed by atoms with van der Waals surface area (Å²) >= 11 is 1.39. The van der Waals surface area contributed by atoms with Gasteiger partial charge in [0.1, 0.15) is 10.8 Å². The summed E-state index contributed by atoms with van der Waals surface area (Å²) in [6.07, 6.45) is 2.97. The Kier molecular flexibility index (Phi) is 5.59. The van der Waals surface area contributed by atoms with Crippen LogP contribution in [0.5, 0.6) is 0 Å². The second-order valence-corrected chi connectivity index (χ2v) is 7.68. The minimum Gasteiger partial charge on any atom is -0.511 e. The molecule has 0 spiro atoms. The fourth-order valence-corrected chi connectivity index (χ4v) is 3.56. The Morgan fingerprint density at radius 3 is 2.71 bits per heavy atom. The molecule has 2 rings (SSSR count). The van der Waals surface area contributed by atoms with Gasteiger partial charge in [0.2, 0.25) is 0 Å². The summed E-state index contributed by atoms with van der Waals surface area (Å²) in [6.45, 7) is 7.93. The zero-order valence-electron chi connectivity index (χ0n) is 14.5. The number of thiophene rings is 1. The highest BCUT2D eigenvalue weighted by atomic mass is 32.1. The van der Waals surface area contributed by atoms with E-state index in [1.807, 2.05) is 20.8 Å². The lowest BCUT2D eigenvalue weighted by atomic mass is 9.77. The predicted molar refractivity (Wildman–Crippen MR) is 95.5 cm³/mol. The first kappa shape index (κ1) is 18.4. The normalized spacial score (nSPS) is 17.6. The quantitative estimate of drug-likeness (QED) is 0.632. The molecule has 0 amide bonds. The van der Waals surface area contributed by atoms with E-state index in [2.05, 4.69) is 4.99 Å². The molecule has 130 valence electrons. The molecule has 1 aliphatic rings. The number of ether oxygens (including phenoxy) is 1. The molecule has 1 aromatic rings. The van der Waals surface area contributed by atoms with Gasteiger partial charge >= 0.3 is 5.97 Å². The Balaban J connectivity index is 2.33. The van der Waals surface area contributed by atoms with E-state index in [0.29, 0.717) is 30.0 Å². The molecule has 0 fully saturated rings. The van der Waals surface area contributed by atoms with Crippen molar-refractivity contribution in [3.05, 3.63) is 27.8 Å². The van der Waals surface area contributed by atoms with Crippen LogP contribution in [0.1, 0.15) is 55.8 Å². The van der Waals surface area contributed by atoms with Crippen molar-refractivity contribution < 1.29 is 19.4 Å². The number of Topliss-reactive ketones (excluding diaryl/α,β-unsaturated/α-hetero) is 1. The maximum Gasteiger partial charge on any atom is 0.341 e. The number of aliphatic hydroxyl groups is 1. The summed E-state index contributed by atoms with van der Waals surface area (Å²) in [6, 6.07) is 1.77. The lowest BCUT2D eigenvalue weighted by Crippen LogP contribution is -2.26. The minimum absolute atomic E-state index is 0.0601. The molecule has 1 N–H and O–H groups in total. The van der Waals surface area contributed by atoms with Crippen molar-refractivity contribution in [3.8, 4) is 0 Å². The van der Waals surface area contributed by atoms with E-state index in [0.717, 1.165) is 11.3 Å². The van der Waals surface area contributed by atoms with Crippen LogP contribution in [0.25, 0.3) is 0 Å². The van der Waals surface area contributed by atoms with E-state index in [1.165, 1.54) is 17.6 Å². The number of ketones is 1. The number of aliphatic imine (C=N–C) groups is 1. The standard InChI is InChI=1S/C18H23NO4S/c1-5-11-7-12(17(22)23-6-2)16(24-11)19-10-13-14(20)8-18(3,4)9-15(13)21/h7,10,20H,5-6,8-9H2,1-4H3. The van der Waals surface area contributed by atoms with Crippen LogP contribution < -0.4 is 0 Å². The third-order valence-electron chi connectivity index (χ3n) is 3.81. The van der Waals surface area contributed by atoms with E-state index in [1.54, 1.807) is 13.0 Å². The van der Waals surface area contributed by atoms with Gasteiger partial charge in [-0.2, -0.15) is 0 Å². The number of esters is 1. The maximum atomic E-state index is 12.2. The van der Waals surface area contributed by atoms with E-state index in [-0.39, 0.29) is 22.5 Å². The summed E-state index contributed by atoms with van der Waals surface area (Å²) in [5.41, 5.74) is 0.390. The molecular weight excluding hydrogens is 326 g/mol. The number of aryl methyl sites for hydroxylation is 1. The van der Waals surface area contributed by atoms with Gasteiger partial charge in [-0.05, 0) is 24.8 Å². The molecule has 1 aliphatic carbocycles. The average molecular weight is 349 g/mol. The molecular formula is C18H23NO4S. The monoisotopic (exact) mass is 349 g/mol. The number of allylic oxidation sites excluding steroid dienone is 2. The van der Waals surface area contributed by atoms with Crippen LogP contribution in [0.15, 0.2) is 22.4 Å². The summed E-state index contributed by atoms with van der Waals surface area (Å²) in [5.74, 6) is -0.489. The van der Waals surface area contributed by atoms with Crippen molar-refractivity contribution in [2.75, 3.05) is 6.61 Å². The Bertz CT molecular complexity index is 713. The maximum absolute atomic E-state index is 12.2. The summed E-state index contributed by atoms with van der Waals surface area (Å²) < 4.78 is 5.05. The van der Waals surface area contributed by atoms with Crippen molar-refractivity contribution in [1.29, 1.82) is 0 Å². The highest BCUT2D eigenvalue weighted by Gasteiger charge is 2.32. The molecule has 0 bridgehead atoms. The largest absolute Gasteiger partial charge is 0.511 e. The minimum atomic E-state index is -0.421. The van der Waals surface area contributed by atoms with Crippen LogP contribution in [0.2, 0.25) is 0 Å². The summed E-state index contributed by atoms with van der Waals surface area (Å²) in [4.78, 5) is 29.6. The first-order valence-electron chi connectivity index (χ1n) is 8.06. The van der Waals surface area contributed by atoms with E-state index in [4.69, 9.17) is 4.74 Å². The third kappa shape index (κ3) is 4.12. The van der Waals surface area contributed by atoms with E-state index < -0.39 is 5.97 Å². The number of carbonyl (C=O) groups is 2. The van der Waals surface area contributed by atoms with Gasteiger partial charge in [-0.1, -0.05) is 20.8 Å². The van der Waals surface area contributed by atoms with Crippen LogP contribution in [-0.2, 0) is 16.0 Å². The smallest absolute Gasteiger partial charge is 0.341 e. The van der Waals surface area contributed by atoms with Crippen molar-refractivity contribution in [2.45, 2.75) is 47.0 Å². The van der Waals surface area contributed by atoms with Crippen molar-refractivity contribution in [1.82, 2.24) is 0 Å². The van der Waals surface area contributed by atoms with Gasteiger partial charge < -0.3 is 9.84 Å².